The molecule has 5 heterocycles. The van der Waals surface area contributed by atoms with Crippen molar-refractivity contribution < 1.29 is 23.8 Å². The van der Waals surface area contributed by atoms with Gasteiger partial charge in [0.25, 0.3) is 0 Å². The number of hydrogen-bond acceptors (Lipinski definition) is 7. The Balaban J connectivity index is 1.08. The largest absolute Gasteiger partial charge is 0.477 e. The van der Waals surface area contributed by atoms with E-state index in [2.05, 4.69) is 15.0 Å². The van der Waals surface area contributed by atoms with Crippen molar-refractivity contribution >= 4 is 28.7 Å². The van der Waals surface area contributed by atoms with Crippen molar-refractivity contribution in [3.8, 4) is 5.88 Å². The Bertz CT molecular complexity index is 1490. The number of halogens is 2. The first-order valence-corrected chi connectivity index (χ1v) is 13.4. The highest BCUT2D eigenvalue weighted by Crippen LogP contribution is 2.24. The summed E-state index contributed by atoms with van der Waals surface area (Å²) in [7, 11) is 0. The molecule has 2 aliphatic heterocycles. The summed E-state index contributed by atoms with van der Waals surface area (Å²) in [6, 6.07) is 9.61. The van der Waals surface area contributed by atoms with Gasteiger partial charge >= 0.3 is 5.97 Å². The minimum Gasteiger partial charge on any atom is -0.477 e. The number of ether oxygens (including phenoxy) is 2. The fraction of sp³-hybridized carbons (Fsp3) is 0.407. The first-order valence-electron chi connectivity index (χ1n) is 13.0. The topological polar surface area (TPSA) is 108 Å². The number of benzene rings is 1. The number of carboxylic acid groups (broad SMARTS) is 1. The predicted octanol–water partition coefficient (Wildman–Crippen LogP) is 4.00. The Morgan fingerprint density at radius 3 is 2.67 bits per heavy atom. The number of likely N-dealkylation sites (tertiary alicyclic amines) is 1. The molecule has 0 radical (unpaired) electrons. The predicted molar refractivity (Wildman–Crippen MR) is 141 cm³/mol. The minimum absolute atomic E-state index is 0.00318. The number of rotatable bonds is 9. The van der Waals surface area contributed by atoms with Crippen molar-refractivity contribution in [1.82, 2.24) is 29.2 Å². The fourth-order valence-corrected chi connectivity index (χ4v) is 5.15. The van der Waals surface area contributed by atoms with E-state index in [1.165, 1.54) is 12.1 Å². The zero-order valence-corrected chi connectivity index (χ0v) is 21.9. The second-order valence-corrected chi connectivity index (χ2v) is 10.4. The van der Waals surface area contributed by atoms with Gasteiger partial charge < -0.3 is 19.1 Å². The summed E-state index contributed by atoms with van der Waals surface area (Å²) in [5, 5.41) is 14.2. The Labute approximate surface area is 228 Å². The van der Waals surface area contributed by atoms with E-state index in [9.17, 15) is 14.3 Å². The smallest absolute Gasteiger partial charge is 0.354 e. The van der Waals surface area contributed by atoms with Crippen LogP contribution in [0, 0.1) is 5.82 Å². The summed E-state index contributed by atoms with van der Waals surface area (Å²) in [6.07, 6.45) is 4.51. The number of pyridine rings is 1. The molecule has 2 fully saturated rings. The summed E-state index contributed by atoms with van der Waals surface area (Å²) in [6.45, 7) is 3.89. The highest BCUT2D eigenvalue weighted by Gasteiger charge is 2.26. The molecule has 0 amide bonds. The molecule has 1 aromatic carbocycles. The first kappa shape index (κ1) is 25.7. The zero-order valence-electron chi connectivity index (χ0n) is 21.2. The molecular formula is C27H28ClFN6O4. The van der Waals surface area contributed by atoms with Gasteiger partial charge in [-0.05, 0) is 43.5 Å². The van der Waals surface area contributed by atoms with Crippen LogP contribution in [-0.2, 0) is 24.4 Å². The maximum Gasteiger partial charge on any atom is 0.354 e. The number of piperidine rings is 1. The van der Waals surface area contributed by atoms with Crippen LogP contribution in [0.1, 0.15) is 41.1 Å². The van der Waals surface area contributed by atoms with Crippen LogP contribution < -0.4 is 4.74 Å². The number of fused-ring (bicyclic) bond motifs is 1. The third kappa shape index (κ3) is 5.75. The van der Waals surface area contributed by atoms with Crippen LogP contribution in [0.4, 0.5) is 4.39 Å². The van der Waals surface area contributed by atoms with Gasteiger partial charge in [-0.25, -0.2) is 19.2 Å². The summed E-state index contributed by atoms with van der Waals surface area (Å²) >= 11 is 5.84. The van der Waals surface area contributed by atoms with Crippen LogP contribution in [0.25, 0.3) is 11.2 Å². The van der Waals surface area contributed by atoms with E-state index in [0.29, 0.717) is 47.3 Å². The highest BCUT2D eigenvalue weighted by molar-refractivity contribution is 6.30. The van der Waals surface area contributed by atoms with Gasteiger partial charge in [-0.3, -0.25) is 9.58 Å². The Hall–Kier alpha value is -3.54. The van der Waals surface area contributed by atoms with E-state index in [1.807, 2.05) is 4.57 Å². The molecule has 0 spiro atoms. The Kier molecular flexibility index (Phi) is 7.20. The van der Waals surface area contributed by atoms with Crippen LogP contribution in [0.3, 0.4) is 0 Å². The number of hydrogen-bond donors (Lipinski definition) is 1. The van der Waals surface area contributed by atoms with Crippen LogP contribution >= 0.6 is 11.6 Å². The number of imidazole rings is 1. The molecule has 6 rings (SSSR count). The molecule has 1 N–H and O–H groups in total. The van der Waals surface area contributed by atoms with Crippen molar-refractivity contribution in [1.29, 1.82) is 0 Å². The monoisotopic (exact) mass is 554 g/mol. The second-order valence-electron chi connectivity index (χ2n) is 9.95. The van der Waals surface area contributed by atoms with Crippen molar-refractivity contribution in [3.05, 3.63) is 70.5 Å². The highest BCUT2D eigenvalue weighted by atomic mass is 35.5. The number of nitrogens with zero attached hydrogens (tertiary/aromatic N) is 6. The Morgan fingerprint density at radius 1 is 1.13 bits per heavy atom. The third-order valence-corrected chi connectivity index (χ3v) is 7.46. The van der Waals surface area contributed by atoms with E-state index in [-0.39, 0.29) is 23.7 Å². The third-order valence-electron chi connectivity index (χ3n) is 7.22. The van der Waals surface area contributed by atoms with E-state index in [4.69, 9.17) is 26.1 Å². The van der Waals surface area contributed by atoms with Crippen molar-refractivity contribution in [3.63, 3.8) is 0 Å². The van der Waals surface area contributed by atoms with Crippen molar-refractivity contribution in [2.45, 2.75) is 51.1 Å². The van der Waals surface area contributed by atoms with Gasteiger partial charge in [0.15, 0.2) is 11.3 Å². The molecule has 2 saturated heterocycles. The van der Waals surface area contributed by atoms with E-state index in [0.717, 1.165) is 44.8 Å². The van der Waals surface area contributed by atoms with Gasteiger partial charge in [0.1, 0.15) is 23.3 Å². The second kappa shape index (κ2) is 10.9. The maximum atomic E-state index is 14.1. The molecular weight excluding hydrogens is 527 g/mol. The summed E-state index contributed by atoms with van der Waals surface area (Å²) in [4.78, 5) is 22.9. The molecule has 10 nitrogen and oxygen atoms in total. The normalized spacial score (nSPS) is 18.4. The number of aromatic nitrogens is 5. The molecule has 0 bridgehead atoms. The van der Waals surface area contributed by atoms with E-state index >= 15 is 0 Å². The average Bonchev–Trinajstić information content (AvgIpc) is 3.47. The fourth-order valence-electron chi connectivity index (χ4n) is 4.99. The van der Waals surface area contributed by atoms with E-state index < -0.39 is 5.97 Å². The molecule has 2 aliphatic rings. The number of carboxylic acids is 1. The molecule has 4 aromatic rings. The summed E-state index contributed by atoms with van der Waals surface area (Å²) in [5.74, 6) is -0.0525. The lowest BCUT2D eigenvalue weighted by Crippen LogP contribution is -2.39. The van der Waals surface area contributed by atoms with Crippen molar-refractivity contribution in [2.24, 2.45) is 0 Å². The Morgan fingerprint density at radius 2 is 1.95 bits per heavy atom. The van der Waals surface area contributed by atoms with Crippen molar-refractivity contribution in [2.75, 3.05) is 19.7 Å². The zero-order chi connectivity index (χ0) is 26.9. The molecule has 12 heteroatoms. The van der Waals surface area contributed by atoms with Gasteiger partial charge in [0, 0.05) is 42.5 Å². The molecule has 3 aromatic heterocycles. The quantitative estimate of drug-likeness (QED) is 0.331. The molecule has 1 unspecified atom stereocenters. The van der Waals surface area contributed by atoms with Gasteiger partial charge in [0.05, 0.1) is 25.7 Å². The van der Waals surface area contributed by atoms with Crippen LogP contribution in [0.2, 0.25) is 5.02 Å². The van der Waals surface area contributed by atoms with Gasteiger partial charge in [-0.1, -0.05) is 17.7 Å². The summed E-state index contributed by atoms with van der Waals surface area (Å²) in [5.41, 5.74) is 1.77. The SMILES string of the molecule is O=C(O)c1ccc2nc(CN3CCC(Oc4ccn(Cc5ccc(Cl)cc5F)n4)CC3)n(CC3CCO3)c2n1. The molecule has 39 heavy (non-hydrogen) atoms. The lowest BCUT2D eigenvalue weighted by molar-refractivity contribution is -0.0593. The molecule has 0 saturated carbocycles. The molecule has 0 aliphatic carbocycles. The molecule has 204 valence electrons. The van der Waals surface area contributed by atoms with E-state index in [1.54, 1.807) is 35.1 Å². The average molecular weight is 555 g/mol. The number of aromatic carboxylic acids is 1. The van der Waals surface area contributed by atoms with Gasteiger partial charge in [-0.2, -0.15) is 0 Å². The van der Waals surface area contributed by atoms with Crippen LogP contribution in [0.5, 0.6) is 5.88 Å². The van der Waals surface area contributed by atoms with Gasteiger partial charge in [0.2, 0.25) is 5.88 Å². The van der Waals surface area contributed by atoms with Crippen LogP contribution in [0.15, 0.2) is 42.6 Å². The maximum absolute atomic E-state index is 14.1. The minimum atomic E-state index is -1.06. The first-order chi connectivity index (χ1) is 18.9. The molecule has 1 atom stereocenters. The van der Waals surface area contributed by atoms with Gasteiger partial charge in [-0.15, -0.1) is 5.10 Å². The lowest BCUT2D eigenvalue weighted by atomic mass is 10.1. The number of carbonyl (C=O) groups is 1. The van der Waals surface area contributed by atoms with Crippen LogP contribution in [-0.4, -0.2) is 72.2 Å². The summed E-state index contributed by atoms with van der Waals surface area (Å²) < 4.78 is 29.5. The lowest BCUT2D eigenvalue weighted by Gasteiger charge is -2.32. The standard InChI is InChI=1S/C27H28ClFN6O4/c28-18-2-1-17(21(29)13-18)14-34-11-7-25(32-34)39-19-5-9-33(10-6-19)16-24-30-22-3-4-23(27(36)37)31-26(22)35(24)15-20-8-12-38-20/h1-4,7,11,13,19-20H,5-6,8-10,12,14-16H2,(H,36,37).